The van der Waals surface area contributed by atoms with Crippen molar-refractivity contribution in [1.29, 1.82) is 0 Å². The lowest BCUT2D eigenvalue weighted by Gasteiger charge is -2.01. The smallest absolute Gasteiger partial charge is 0.0101 e. The van der Waals surface area contributed by atoms with Gasteiger partial charge in [-0.15, -0.1) is 11.8 Å². The number of thioether (sulfide) groups is 1. The number of rotatable bonds is 1. The zero-order chi connectivity index (χ0) is 7.56. The molecule has 1 aromatic carbocycles. The van der Waals surface area contributed by atoms with Gasteiger partial charge in [0.2, 0.25) is 0 Å². The normalized spacial score (nSPS) is 9.90. The van der Waals surface area contributed by atoms with Gasteiger partial charge in [-0.05, 0) is 43.4 Å². The summed E-state index contributed by atoms with van der Waals surface area (Å²) in [5.41, 5.74) is 2.54. The molecule has 0 saturated heterocycles. The molecule has 0 nitrogen and oxygen atoms in total. The lowest BCUT2D eigenvalue weighted by Crippen LogP contribution is -1.79. The fraction of sp³-hybridized carbons (Fsp3) is 0.333. The first-order valence-electron chi connectivity index (χ1n) is 3.27. The molecule has 0 heterocycles. The molecule has 0 spiro atoms. The van der Waals surface area contributed by atoms with Crippen LogP contribution in [0, 0.1) is 19.9 Å². The van der Waals surface area contributed by atoms with Crippen LogP contribution in [0.3, 0.4) is 0 Å². The SMILES string of the molecule is CSc1cc(C)[c]cc1C. The van der Waals surface area contributed by atoms with E-state index < -0.39 is 0 Å². The number of hydrogen-bond donors (Lipinski definition) is 0. The van der Waals surface area contributed by atoms with Gasteiger partial charge in [-0.3, -0.25) is 0 Å². The van der Waals surface area contributed by atoms with E-state index in [1.54, 1.807) is 11.8 Å². The molecule has 0 aromatic heterocycles. The molecule has 0 unspecified atom stereocenters. The number of benzene rings is 1. The fourth-order valence-corrected chi connectivity index (χ4v) is 1.54. The van der Waals surface area contributed by atoms with E-state index in [-0.39, 0.29) is 0 Å². The Kier molecular flexibility index (Phi) is 2.39. The lowest BCUT2D eigenvalue weighted by molar-refractivity contribution is 1.26. The molecule has 10 heavy (non-hydrogen) atoms. The maximum atomic E-state index is 3.16. The molecule has 0 aliphatic carbocycles. The highest BCUT2D eigenvalue weighted by Gasteiger charge is 1.94. The minimum absolute atomic E-state index is 1.22. The minimum Gasteiger partial charge on any atom is -0.129 e. The van der Waals surface area contributed by atoms with Crippen LogP contribution in [0.4, 0.5) is 0 Å². The van der Waals surface area contributed by atoms with Crippen LogP contribution < -0.4 is 0 Å². The first-order chi connectivity index (χ1) is 4.74. The average molecular weight is 151 g/mol. The van der Waals surface area contributed by atoms with Crippen molar-refractivity contribution in [2.75, 3.05) is 6.26 Å². The Hall–Kier alpha value is -0.430. The second-order valence-corrected chi connectivity index (χ2v) is 3.22. The van der Waals surface area contributed by atoms with Gasteiger partial charge in [0.05, 0.1) is 0 Å². The van der Waals surface area contributed by atoms with Crippen LogP contribution in [0.15, 0.2) is 17.0 Å². The molecule has 0 atom stereocenters. The quantitative estimate of drug-likeness (QED) is 0.556. The zero-order valence-corrected chi connectivity index (χ0v) is 7.38. The maximum Gasteiger partial charge on any atom is 0.0101 e. The van der Waals surface area contributed by atoms with E-state index in [0.29, 0.717) is 0 Å². The summed E-state index contributed by atoms with van der Waals surface area (Å²) in [5.74, 6) is 0. The van der Waals surface area contributed by atoms with Crippen molar-refractivity contribution in [2.24, 2.45) is 0 Å². The van der Waals surface area contributed by atoms with E-state index in [0.717, 1.165) is 0 Å². The van der Waals surface area contributed by atoms with Crippen molar-refractivity contribution in [3.8, 4) is 0 Å². The highest BCUT2D eigenvalue weighted by molar-refractivity contribution is 7.98. The molecular weight excluding hydrogens is 140 g/mol. The van der Waals surface area contributed by atoms with Gasteiger partial charge in [0.15, 0.2) is 0 Å². The first-order valence-corrected chi connectivity index (χ1v) is 4.49. The van der Waals surface area contributed by atoms with Gasteiger partial charge in [0.1, 0.15) is 0 Å². The molecule has 0 N–H and O–H groups in total. The van der Waals surface area contributed by atoms with Crippen molar-refractivity contribution < 1.29 is 0 Å². The lowest BCUT2D eigenvalue weighted by atomic mass is 10.2. The Morgan fingerprint density at radius 1 is 1.40 bits per heavy atom. The second kappa shape index (κ2) is 3.11. The molecule has 1 heteroatoms. The molecule has 0 fully saturated rings. The van der Waals surface area contributed by atoms with Crippen molar-refractivity contribution in [1.82, 2.24) is 0 Å². The summed E-state index contributed by atoms with van der Waals surface area (Å²) in [4.78, 5) is 1.36. The second-order valence-electron chi connectivity index (χ2n) is 2.37. The average Bonchev–Trinajstić information content (AvgIpc) is 1.94. The van der Waals surface area contributed by atoms with Gasteiger partial charge >= 0.3 is 0 Å². The monoisotopic (exact) mass is 151 g/mol. The number of aryl methyl sites for hydroxylation is 2. The van der Waals surface area contributed by atoms with Gasteiger partial charge in [0, 0.05) is 4.90 Å². The summed E-state index contributed by atoms with van der Waals surface area (Å²) in [5, 5.41) is 0. The van der Waals surface area contributed by atoms with Crippen LogP contribution in [0.1, 0.15) is 11.1 Å². The van der Waals surface area contributed by atoms with Crippen molar-refractivity contribution in [2.45, 2.75) is 18.7 Å². The zero-order valence-electron chi connectivity index (χ0n) is 6.56. The van der Waals surface area contributed by atoms with E-state index in [9.17, 15) is 0 Å². The van der Waals surface area contributed by atoms with Crippen LogP contribution in [0.2, 0.25) is 0 Å². The highest BCUT2D eigenvalue weighted by Crippen LogP contribution is 2.19. The van der Waals surface area contributed by atoms with Gasteiger partial charge in [0.25, 0.3) is 0 Å². The summed E-state index contributed by atoms with van der Waals surface area (Å²) in [7, 11) is 0. The largest absolute Gasteiger partial charge is 0.129 e. The van der Waals surface area contributed by atoms with Crippen LogP contribution in [0.25, 0.3) is 0 Å². The minimum atomic E-state index is 1.22. The van der Waals surface area contributed by atoms with E-state index in [1.165, 1.54) is 16.0 Å². The third-order valence-corrected chi connectivity index (χ3v) is 2.35. The molecule has 0 aliphatic heterocycles. The van der Waals surface area contributed by atoms with Crippen LogP contribution >= 0.6 is 11.8 Å². The van der Waals surface area contributed by atoms with Crippen LogP contribution in [0.5, 0.6) is 0 Å². The highest BCUT2D eigenvalue weighted by atomic mass is 32.2. The summed E-state index contributed by atoms with van der Waals surface area (Å²) < 4.78 is 0. The van der Waals surface area contributed by atoms with Gasteiger partial charge < -0.3 is 0 Å². The third kappa shape index (κ3) is 1.54. The summed E-state index contributed by atoms with van der Waals surface area (Å²) in [6.07, 6.45) is 2.10. The molecule has 0 bridgehead atoms. The van der Waals surface area contributed by atoms with E-state index in [4.69, 9.17) is 0 Å². The summed E-state index contributed by atoms with van der Waals surface area (Å²) in [6, 6.07) is 7.37. The van der Waals surface area contributed by atoms with E-state index in [1.807, 2.05) is 6.07 Å². The molecule has 1 aromatic rings. The van der Waals surface area contributed by atoms with E-state index >= 15 is 0 Å². The van der Waals surface area contributed by atoms with Crippen molar-refractivity contribution in [3.63, 3.8) is 0 Å². The predicted molar refractivity (Wildman–Crippen MR) is 46.5 cm³/mol. The predicted octanol–water partition coefficient (Wildman–Crippen LogP) is 2.83. The van der Waals surface area contributed by atoms with E-state index in [2.05, 4.69) is 32.2 Å². The Labute approximate surface area is 66.6 Å². The number of hydrogen-bond acceptors (Lipinski definition) is 1. The molecule has 0 aliphatic rings. The first kappa shape index (κ1) is 7.67. The molecule has 0 amide bonds. The summed E-state index contributed by atoms with van der Waals surface area (Å²) in [6.45, 7) is 4.18. The van der Waals surface area contributed by atoms with Crippen LogP contribution in [-0.2, 0) is 0 Å². The van der Waals surface area contributed by atoms with Gasteiger partial charge in [-0.1, -0.05) is 6.07 Å². The molecule has 0 saturated carbocycles. The third-order valence-electron chi connectivity index (χ3n) is 1.47. The molecule has 53 valence electrons. The topological polar surface area (TPSA) is 0 Å². The molecule has 1 radical (unpaired) electrons. The maximum absolute atomic E-state index is 3.16. The standard InChI is InChI=1S/C9H11S/c1-7-4-5-8(2)9(6-7)10-3/h5-6H,1-3H3. The van der Waals surface area contributed by atoms with Gasteiger partial charge in [-0.2, -0.15) is 0 Å². The Balaban J connectivity index is 3.09. The molecular formula is C9H11S. The fourth-order valence-electron chi connectivity index (χ4n) is 0.865. The van der Waals surface area contributed by atoms with Crippen LogP contribution in [-0.4, -0.2) is 6.26 Å². The van der Waals surface area contributed by atoms with Crippen molar-refractivity contribution >= 4 is 11.8 Å². The Morgan fingerprint density at radius 2 is 2.10 bits per heavy atom. The Morgan fingerprint density at radius 3 is 2.60 bits per heavy atom. The summed E-state index contributed by atoms with van der Waals surface area (Å²) >= 11 is 1.79. The van der Waals surface area contributed by atoms with Crippen molar-refractivity contribution in [3.05, 3.63) is 29.3 Å². The Bertz CT molecular complexity index is 228. The van der Waals surface area contributed by atoms with Gasteiger partial charge in [-0.25, -0.2) is 0 Å². The molecule has 1 rings (SSSR count).